The number of benzene rings is 2. The number of hydrogen-bond donors (Lipinski definition) is 0. The summed E-state index contributed by atoms with van der Waals surface area (Å²) < 4.78 is 17.9. The van der Waals surface area contributed by atoms with Crippen LogP contribution in [0.1, 0.15) is 44.9 Å². The maximum atomic E-state index is 13.8. The zero-order chi connectivity index (χ0) is 28.1. The number of fused-ring (bicyclic) bond motifs is 1. The standard InChI is InChI=1S/C29H30N2O6S2/c1-6-35-24(32)16-36-21-11-7-19(8-12-21)15-23-27(33)31-26(20-9-13-22(38-5)14-10-20)25(28(34)37-17(2)3)18(4)30-29(31)39-23/h7-15,17,26H,6,16H2,1-5H3/b23-15-/t26-/m1/s1. The van der Waals surface area contributed by atoms with Crippen molar-refractivity contribution in [3.05, 3.63) is 90.6 Å². The van der Waals surface area contributed by atoms with Crippen LogP contribution in [0, 0.1) is 0 Å². The molecule has 8 nitrogen and oxygen atoms in total. The molecule has 0 spiro atoms. The van der Waals surface area contributed by atoms with Gasteiger partial charge < -0.3 is 14.2 Å². The Morgan fingerprint density at radius 1 is 1.13 bits per heavy atom. The number of carbonyl (C=O) groups is 2. The summed E-state index contributed by atoms with van der Waals surface area (Å²) in [5.41, 5.74) is 2.20. The van der Waals surface area contributed by atoms with Gasteiger partial charge in [0.25, 0.3) is 5.56 Å². The topological polar surface area (TPSA) is 96.2 Å². The number of carbonyl (C=O) groups excluding carboxylic acids is 2. The van der Waals surface area contributed by atoms with Crippen molar-refractivity contribution in [1.29, 1.82) is 0 Å². The van der Waals surface area contributed by atoms with E-state index in [1.54, 1.807) is 74.4 Å². The van der Waals surface area contributed by atoms with E-state index in [9.17, 15) is 14.4 Å². The van der Waals surface area contributed by atoms with E-state index in [4.69, 9.17) is 14.2 Å². The minimum atomic E-state index is -0.663. The Kier molecular flexibility index (Phi) is 9.08. The maximum absolute atomic E-state index is 13.8. The van der Waals surface area contributed by atoms with Crippen LogP contribution >= 0.6 is 23.1 Å². The van der Waals surface area contributed by atoms with Crippen LogP contribution in [0.25, 0.3) is 6.08 Å². The predicted molar refractivity (Wildman–Crippen MR) is 152 cm³/mol. The van der Waals surface area contributed by atoms with Crippen molar-refractivity contribution < 1.29 is 23.8 Å². The average Bonchev–Trinajstić information content (AvgIpc) is 3.21. The molecular formula is C29H30N2O6S2. The van der Waals surface area contributed by atoms with E-state index in [0.717, 1.165) is 16.0 Å². The van der Waals surface area contributed by atoms with Crippen molar-refractivity contribution in [2.24, 2.45) is 4.99 Å². The molecular weight excluding hydrogens is 536 g/mol. The third-order valence-electron chi connectivity index (χ3n) is 5.86. The monoisotopic (exact) mass is 566 g/mol. The maximum Gasteiger partial charge on any atom is 0.344 e. The second kappa shape index (κ2) is 12.5. The number of allylic oxidation sites excluding steroid dienone is 1. The molecule has 0 aliphatic carbocycles. The first-order valence-corrected chi connectivity index (χ1v) is 14.5. The second-order valence-corrected chi connectivity index (χ2v) is 10.9. The Balaban J connectivity index is 1.74. The number of thiazole rings is 1. The number of aromatic nitrogens is 1. The highest BCUT2D eigenvalue weighted by Gasteiger charge is 2.33. The summed E-state index contributed by atoms with van der Waals surface area (Å²) in [4.78, 5) is 44.7. The van der Waals surface area contributed by atoms with Crippen LogP contribution in [0.2, 0.25) is 0 Å². The Bertz CT molecular complexity index is 1570. The number of ether oxygens (including phenoxy) is 3. The van der Waals surface area contributed by atoms with Gasteiger partial charge in [0.1, 0.15) is 5.75 Å². The fourth-order valence-electron chi connectivity index (χ4n) is 4.12. The van der Waals surface area contributed by atoms with Gasteiger partial charge in [-0.05, 0) is 75.4 Å². The molecule has 1 atom stereocenters. The van der Waals surface area contributed by atoms with Crippen molar-refractivity contribution in [2.75, 3.05) is 19.5 Å². The number of rotatable bonds is 9. The zero-order valence-corrected chi connectivity index (χ0v) is 24.1. The summed E-state index contributed by atoms with van der Waals surface area (Å²) in [5.74, 6) is -0.413. The molecule has 0 bridgehead atoms. The molecule has 0 unspecified atom stereocenters. The van der Waals surface area contributed by atoms with Crippen molar-refractivity contribution in [1.82, 2.24) is 4.57 Å². The molecule has 204 valence electrons. The summed E-state index contributed by atoms with van der Waals surface area (Å²) in [6, 6.07) is 14.2. The first-order chi connectivity index (χ1) is 18.7. The zero-order valence-electron chi connectivity index (χ0n) is 22.4. The lowest BCUT2D eigenvalue weighted by atomic mass is 9.96. The lowest BCUT2D eigenvalue weighted by molar-refractivity contribution is -0.145. The van der Waals surface area contributed by atoms with Gasteiger partial charge in [0.05, 0.1) is 34.6 Å². The smallest absolute Gasteiger partial charge is 0.344 e. The summed E-state index contributed by atoms with van der Waals surface area (Å²) in [6.07, 6.45) is 3.45. The predicted octanol–water partition coefficient (Wildman–Crippen LogP) is 3.85. The van der Waals surface area contributed by atoms with E-state index < -0.39 is 18.0 Å². The van der Waals surface area contributed by atoms with Gasteiger partial charge in [0.2, 0.25) is 0 Å². The molecule has 0 saturated heterocycles. The molecule has 2 aromatic carbocycles. The van der Waals surface area contributed by atoms with E-state index in [1.807, 2.05) is 30.5 Å². The highest BCUT2D eigenvalue weighted by molar-refractivity contribution is 7.98. The third kappa shape index (κ3) is 6.51. The van der Waals surface area contributed by atoms with Gasteiger partial charge in [0.15, 0.2) is 11.4 Å². The summed E-state index contributed by atoms with van der Waals surface area (Å²) >= 11 is 2.88. The van der Waals surface area contributed by atoms with Gasteiger partial charge >= 0.3 is 11.9 Å². The molecule has 1 aliphatic rings. The Hall–Kier alpha value is -3.63. The van der Waals surface area contributed by atoms with E-state index >= 15 is 0 Å². The largest absolute Gasteiger partial charge is 0.482 e. The molecule has 0 radical (unpaired) electrons. The Labute approximate surface area is 234 Å². The molecule has 3 aromatic rings. The van der Waals surface area contributed by atoms with E-state index in [0.29, 0.717) is 33.0 Å². The van der Waals surface area contributed by atoms with Gasteiger partial charge in [-0.3, -0.25) is 9.36 Å². The lowest BCUT2D eigenvalue weighted by Gasteiger charge is -2.25. The number of nitrogens with zero attached hydrogens (tertiary/aromatic N) is 2. The fraction of sp³-hybridized carbons (Fsp3) is 0.310. The van der Waals surface area contributed by atoms with Gasteiger partial charge in [-0.1, -0.05) is 35.6 Å². The molecule has 10 heteroatoms. The van der Waals surface area contributed by atoms with Crippen LogP contribution in [-0.4, -0.2) is 42.1 Å². The average molecular weight is 567 g/mol. The number of thioether (sulfide) groups is 1. The third-order valence-corrected chi connectivity index (χ3v) is 7.58. The highest BCUT2D eigenvalue weighted by atomic mass is 32.2. The molecule has 0 N–H and O–H groups in total. The lowest BCUT2D eigenvalue weighted by Crippen LogP contribution is -2.40. The SMILES string of the molecule is CCOC(=O)COc1ccc(/C=c2\sc3n(c2=O)[C@H](c2ccc(SC)cc2)C(C(=O)OC(C)C)=C(C)N=3)cc1. The number of esters is 2. The molecule has 1 aromatic heterocycles. The fourth-order valence-corrected chi connectivity index (χ4v) is 5.57. The molecule has 1 aliphatic heterocycles. The van der Waals surface area contributed by atoms with Crippen LogP contribution in [0.15, 0.2) is 74.5 Å². The Morgan fingerprint density at radius 2 is 1.82 bits per heavy atom. The van der Waals surface area contributed by atoms with E-state index in [1.165, 1.54) is 11.3 Å². The molecule has 39 heavy (non-hydrogen) atoms. The highest BCUT2D eigenvalue weighted by Crippen LogP contribution is 2.32. The minimum absolute atomic E-state index is 0.176. The molecule has 0 saturated carbocycles. The second-order valence-electron chi connectivity index (χ2n) is 8.97. The summed E-state index contributed by atoms with van der Waals surface area (Å²) in [6.45, 7) is 7.20. The van der Waals surface area contributed by atoms with Crippen LogP contribution in [0.4, 0.5) is 0 Å². The minimum Gasteiger partial charge on any atom is -0.482 e. The molecule has 0 amide bonds. The quantitative estimate of drug-likeness (QED) is 0.287. The number of hydrogen-bond acceptors (Lipinski definition) is 9. The van der Waals surface area contributed by atoms with Crippen molar-refractivity contribution in [3.8, 4) is 5.75 Å². The van der Waals surface area contributed by atoms with Gasteiger partial charge in [-0.15, -0.1) is 11.8 Å². The molecule has 0 fully saturated rings. The molecule has 4 rings (SSSR count). The van der Waals surface area contributed by atoms with Gasteiger partial charge in [0, 0.05) is 4.90 Å². The van der Waals surface area contributed by atoms with Crippen LogP contribution < -0.4 is 19.6 Å². The van der Waals surface area contributed by atoms with E-state index in [2.05, 4.69) is 4.99 Å². The first-order valence-electron chi connectivity index (χ1n) is 12.5. The van der Waals surface area contributed by atoms with Crippen molar-refractivity contribution in [3.63, 3.8) is 0 Å². The van der Waals surface area contributed by atoms with Gasteiger partial charge in [-0.25, -0.2) is 14.6 Å². The van der Waals surface area contributed by atoms with Crippen LogP contribution in [0.5, 0.6) is 5.75 Å². The Morgan fingerprint density at radius 3 is 2.44 bits per heavy atom. The normalized spacial score (nSPS) is 15.1. The summed E-state index contributed by atoms with van der Waals surface area (Å²) in [7, 11) is 0. The van der Waals surface area contributed by atoms with Crippen LogP contribution in [-0.2, 0) is 19.1 Å². The van der Waals surface area contributed by atoms with Gasteiger partial charge in [-0.2, -0.15) is 0 Å². The summed E-state index contributed by atoms with van der Waals surface area (Å²) in [5, 5.41) is 0. The molecule has 2 heterocycles. The first kappa shape index (κ1) is 28.4. The van der Waals surface area contributed by atoms with E-state index in [-0.39, 0.29) is 18.3 Å². The van der Waals surface area contributed by atoms with Crippen molar-refractivity contribution in [2.45, 2.75) is 44.7 Å². The van der Waals surface area contributed by atoms with Crippen molar-refractivity contribution >= 4 is 41.1 Å². The van der Waals surface area contributed by atoms with Crippen LogP contribution in [0.3, 0.4) is 0 Å².